The zero-order valence-electron chi connectivity index (χ0n) is 60.0. The first-order valence-electron chi connectivity index (χ1n) is 36.0. The quantitative estimate of drug-likeness (QED) is 0.165. The predicted octanol–water partition coefficient (Wildman–Crippen LogP) is 22.6. The summed E-state index contributed by atoms with van der Waals surface area (Å²) >= 11 is 0. The molecule has 8 nitrogen and oxygen atoms in total. The monoisotopic (exact) mass is 1290 g/mol. The van der Waals surface area contributed by atoms with E-state index in [9.17, 15) is 0 Å². The number of rotatable bonds is 3. The minimum atomic E-state index is 0.112. The van der Waals surface area contributed by atoms with Crippen molar-refractivity contribution >= 4 is 109 Å². The molecular formula is C91H86N8. The van der Waals surface area contributed by atoms with Gasteiger partial charge in [0.05, 0.1) is 44.8 Å². The van der Waals surface area contributed by atoms with Crippen LogP contribution in [0.25, 0.3) is 120 Å². The molecule has 8 aromatic heterocycles. The minimum Gasteiger partial charge on any atom is -0.296 e. The standard InChI is InChI=1S/C25H20N2.C23H24N2.C22H22N2.C21H20N2/c1-15-21(17-8-4-3-5-9-17)14-18-12-13-22-16(2)26-25-20-11-7-6-10-19(20)23(15)24(18)27(22)25;1-13(2)15-10-11-18-21-20(15)16-8-6-7-9-17(16)22-24-14(3)19(25(21)22)12-23(18,4)5;1-13(2)15-9-10-18-20-19(15)16-7-5-6-8-17(16)21-23-12-14(24(20)21)11-22(18,3)4;1-12-9-10-14-11-21(3,4)19-13(2)22-20-16-8-6-5-7-15(16)17(12)18(14)23(19)20/h3-11,14H,12-13H2,1-2H3;6-11,13H,12H2,1-5H3;5-10,12-13H,11H2,1-4H3;5-10H,11H2,1-4H3. The van der Waals surface area contributed by atoms with Crippen molar-refractivity contribution < 1.29 is 0 Å². The zero-order chi connectivity index (χ0) is 68.2. The molecule has 4 aliphatic heterocycles. The molecule has 0 unspecified atom stereocenters. The van der Waals surface area contributed by atoms with Gasteiger partial charge in [0.25, 0.3) is 0 Å². The zero-order valence-corrected chi connectivity index (χ0v) is 60.0. The molecule has 0 N–H and O–H groups in total. The van der Waals surface area contributed by atoms with E-state index in [1.807, 2.05) is 0 Å². The maximum absolute atomic E-state index is 5.00. The van der Waals surface area contributed by atoms with Crippen molar-refractivity contribution in [3.63, 3.8) is 0 Å². The highest BCUT2D eigenvalue weighted by Gasteiger charge is 2.37. The number of aromatic nitrogens is 8. The molecule has 4 aliphatic rings. The number of hydrogen-bond donors (Lipinski definition) is 0. The van der Waals surface area contributed by atoms with E-state index in [2.05, 4.69) is 298 Å². The van der Waals surface area contributed by atoms with E-state index >= 15 is 0 Å². The maximum atomic E-state index is 5.00. The van der Waals surface area contributed by atoms with Gasteiger partial charge >= 0.3 is 0 Å². The lowest BCUT2D eigenvalue weighted by molar-refractivity contribution is 0.491. The van der Waals surface area contributed by atoms with Crippen LogP contribution in [0.3, 0.4) is 0 Å². The van der Waals surface area contributed by atoms with Gasteiger partial charge < -0.3 is 0 Å². The molecule has 8 heteroatoms. The first-order chi connectivity index (χ1) is 47.6. The molecule has 0 radical (unpaired) electrons. The summed E-state index contributed by atoms with van der Waals surface area (Å²) in [6.45, 7) is 34.3. The van der Waals surface area contributed by atoms with Gasteiger partial charge in [-0.3, -0.25) is 17.6 Å². The summed E-state index contributed by atoms with van der Waals surface area (Å²) in [5, 5.41) is 15.9. The SMILES string of the molecule is CC(C)c1ccc2c3c1c1ccccc1c1ncc(n13)CC2(C)C.Cc1nc2c3ccccc3c3c(C(C)C)ccc4c3n2c1CC4(C)C.Cc1nc2c3ccccc3c3c(C)c(-c4ccccc4)cc4c3n2c1CC4.Cc1nc2c3ccccc3c3c(C)ccc4c3n2c1C(C)(C)C4. The van der Waals surface area contributed by atoms with Crippen LogP contribution < -0.4 is 0 Å². The molecule has 99 heavy (non-hydrogen) atoms. The Morgan fingerprint density at radius 2 is 0.838 bits per heavy atom. The van der Waals surface area contributed by atoms with Crippen LogP contribution in [0, 0.1) is 34.6 Å². The summed E-state index contributed by atoms with van der Waals surface area (Å²) in [6.07, 6.45) is 7.37. The highest BCUT2D eigenvalue weighted by atomic mass is 15.1. The summed E-state index contributed by atoms with van der Waals surface area (Å²) in [6, 6.07) is 62.2. The van der Waals surface area contributed by atoms with Gasteiger partial charge in [0.1, 0.15) is 22.6 Å². The Hall–Kier alpha value is -10.2. The molecule has 9 aromatic carbocycles. The maximum Gasteiger partial charge on any atom is 0.145 e. The molecule has 0 saturated heterocycles. The van der Waals surface area contributed by atoms with Crippen molar-refractivity contribution in [3.8, 4) is 11.1 Å². The van der Waals surface area contributed by atoms with Crippen LogP contribution >= 0.6 is 0 Å². The largest absolute Gasteiger partial charge is 0.296 e. The first kappa shape index (κ1) is 61.2. The Bertz CT molecular complexity index is 6350. The van der Waals surface area contributed by atoms with E-state index in [1.165, 1.54) is 182 Å². The third kappa shape index (κ3) is 8.75. The molecule has 0 spiro atoms. The lowest BCUT2D eigenvalue weighted by Crippen LogP contribution is -2.28. The Labute approximate surface area is 579 Å². The van der Waals surface area contributed by atoms with Crippen LogP contribution in [-0.4, -0.2) is 37.5 Å². The number of benzene rings is 9. The van der Waals surface area contributed by atoms with Gasteiger partial charge in [-0.05, 0) is 173 Å². The van der Waals surface area contributed by atoms with Crippen LogP contribution in [-0.2, 0) is 48.3 Å². The van der Waals surface area contributed by atoms with Crippen molar-refractivity contribution in [1.29, 1.82) is 0 Å². The number of pyridine rings is 4. The molecule has 12 heterocycles. The molecule has 0 saturated carbocycles. The summed E-state index contributed by atoms with van der Waals surface area (Å²) in [4.78, 5) is 19.8. The van der Waals surface area contributed by atoms with Crippen LogP contribution in [0.15, 0.2) is 176 Å². The van der Waals surface area contributed by atoms with Crippen LogP contribution in [0.2, 0.25) is 0 Å². The summed E-state index contributed by atoms with van der Waals surface area (Å²) < 4.78 is 9.76. The number of imidazole rings is 4. The smallest absolute Gasteiger partial charge is 0.145 e. The Morgan fingerprint density at radius 3 is 1.41 bits per heavy atom. The number of aryl methyl sites for hydroxylation is 7. The highest BCUT2D eigenvalue weighted by Crippen LogP contribution is 2.49. The topological polar surface area (TPSA) is 69.2 Å². The van der Waals surface area contributed by atoms with E-state index in [1.54, 1.807) is 0 Å². The Morgan fingerprint density at radius 1 is 0.374 bits per heavy atom. The van der Waals surface area contributed by atoms with E-state index in [-0.39, 0.29) is 16.2 Å². The lowest BCUT2D eigenvalue weighted by Gasteiger charge is -2.33. The van der Waals surface area contributed by atoms with Crippen molar-refractivity contribution in [2.24, 2.45) is 0 Å². The molecule has 17 aromatic rings. The predicted molar refractivity (Wildman–Crippen MR) is 416 cm³/mol. The molecule has 21 rings (SSSR count). The van der Waals surface area contributed by atoms with E-state index in [0.29, 0.717) is 11.8 Å². The number of hydrogen-bond acceptors (Lipinski definition) is 4. The number of fused-ring (bicyclic) bond motifs is 12. The molecular weight excluding hydrogens is 1210 g/mol. The minimum absolute atomic E-state index is 0.112. The Balaban J connectivity index is 0.0000000955. The summed E-state index contributed by atoms with van der Waals surface area (Å²) in [5.41, 5.74) is 33.3. The fraction of sp³-hybridized carbons (Fsp3) is 0.275. The van der Waals surface area contributed by atoms with Crippen molar-refractivity contribution in [1.82, 2.24) is 37.5 Å². The molecule has 0 fully saturated rings. The normalized spacial score (nSPS) is 15.2. The average molecular weight is 1290 g/mol. The molecule has 0 bridgehead atoms. The third-order valence-electron chi connectivity index (χ3n) is 23.3. The highest BCUT2D eigenvalue weighted by molar-refractivity contribution is 6.18. The van der Waals surface area contributed by atoms with E-state index in [0.717, 1.165) is 54.7 Å². The van der Waals surface area contributed by atoms with Gasteiger partial charge in [0.15, 0.2) is 0 Å². The van der Waals surface area contributed by atoms with Gasteiger partial charge in [0, 0.05) is 71.8 Å². The average Bonchev–Trinajstić information content (AvgIpc) is 1.68. The summed E-state index contributed by atoms with van der Waals surface area (Å²) in [5.74, 6) is 0.991. The fourth-order valence-corrected chi connectivity index (χ4v) is 18.9. The van der Waals surface area contributed by atoms with Gasteiger partial charge in [-0.15, -0.1) is 0 Å². The fourth-order valence-electron chi connectivity index (χ4n) is 18.9. The van der Waals surface area contributed by atoms with Crippen molar-refractivity contribution in [2.75, 3.05) is 0 Å². The van der Waals surface area contributed by atoms with Crippen LogP contribution in [0.5, 0.6) is 0 Å². The first-order valence-corrected chi connectivity index (χ1v) is 36.0. The van der Waals surface area contributed by atoms with Crippen LogP contribution in [0.4, 0.5) is 0 Å². The van der Waals surface area contributed by atoms with E-state index in [4.69, 9.17) is 19.9 Å². The third-order valence-corrected chi connectivity index (χ3v) is 23.3. The van der Waals surface area contributed by atoms with Gasteiger partial charge in [-0.25, -0.2) is 19.9 Å². The molecule has 0 amide bonds. The van der Waals surface area contributed by atoms with Crippen molar-refractivity contribution in [3.05, 3.63) is 260 Å². The van der Waals surface area contributed by atoms with Crippen LogP contribution in [0.1, 0.15) is 165 Å². The molecule has 0 atom stereocenters. The second-order valence-electron chi connectivity index (χ2n) is 31.8. The van der Waals surface area contributed by atoms with Crippen molar-refractivity contribution in [2.45, 2.75) is 164 Å². The molecule has 490 valence electrons. The lowest BCUT2D eigenvalue weighted by atomic mass is 9.75. The van der Waals surface area contributed by atoms with Gasteiger partial charge in [-0.2, -0.15) is 0 Å². The Kier molecular flexibility index (Phi) is 13.4. The second kappa shape index (κ2) is 21.7. The summed E-state index contributed by atoms with van der Waals surface area (Å²) in [7, 11) is 0. The van der Waals surface area contributed by atoms with Gasteiger partial charge in [0.2, 0.25) is 0 Å². The number of nitrogens with zero attached hydrogens (tertiary/aromatic N) is 8. The molecule has 0 aliphatic carbocycles. The van der Waals surface area contributed by atoms with Gasteiger partial charge in [-0.1, -0.05) is 233 Å². The van der Waals surface area contributed by atoms with E-state index < -0.39 is 0 Å². The second-order valence-corrected chi connectivity index (χ2v) is 31.8.